The Morgan fingerprint density at radius 3 is 2.04 bits per heavy atom. The molecule has 0 bridgehead atoms. The number of benzene rings is 1. The number of thioether (sulfide) groups is 1. The van der Waals surface area contributed by atoms with E-state index in [2.05, 4.69) is 20.8 Å². The summed E-state index contributed by atoms with van der Waals surface area (Å²) in [5.41, 5.74) is 0.537. The third kappa shape index (κ3) is 5.36. The molecule has 130 valence electrons. The van der Waals surface area contributed by atoms with E-state index in [1.807, 2.05) is 6.26 Å². The van der Waals surface area contributed by atoms with E-state index < -0.39 is 14.4 Å². The van der Waals surface area contributed by atoms with E-state index in [0.29, 0.717) is 15.6 Å². The lowest BCUT2D eigenvalue weighted by atomic mass is 10.1. The molecule has 1 unspecified atom stereocenters. The monoisotopic (exact) mass is 395 g/mol. The van der Waals surface area contributed by atoms with Crippen molar-refractivity contribution in [2.75, 3.05) is 12.8 Å². The van der Waals surface area contributed by atoms with Gasteiger partial charge in [-0.15, -0.1) is 11.8 Å². The minimum Gasteiger partial charge on any atom is -0.404 e. The van der Waals surface area contributed by atoms with Gasteiger partial charge in [0, 0.05) is 25.4 Å². The summed E-state index contributed by atoms with van der Waals surface area (Å²) >= 11 is 14.3. The molecule has 8 heteroatoms. The lowest BCUT2D eigenvalue weighted by Crippen LogP contribution is -2.39. The molecule has 0 aliphatic rings. The second-order valence-corrected chi connectivity index (χ2v) is 11.8. The molecule has 0 fully saturated rings. The van der Waals surface area contributed by atoms with E-state index in [9.17, 15) is 10.1 Å². The maximum atomic E-state index is 11.1. The predicted octanol–water partition coefficient (Wildman–Crippen LogP) is 6.05. The topological polar surface area (TPSA) is 52.4 Å². The molecule has 0 N–H and O–H groups in total. The molecule has 1 aromatic carbocycles. The number of rotatable bonds is 9. The van der Waals surface area contributed by atoms with Gasteiger partial charge in [0.05, 0.1) is 0 Å². The summed E-state index contributed by atoms with van der Waals surface area (Å²) < 4.78 is 6.34. The summed E-state index contributed by atoms with van der Waals surface area (Å²) in [4.78, 5) is 11.7. The van der Waals surface area contributed by atoms with Crippen molar-refractivity contribution in [3.63, 3.8) is 0 Å². The van der Waals surface area contributed by atoms with Crippen LogP contribution < -0.4 is 0 Å². The first-order valence-electron chi connectivity index (χ1n) is 7.65. The van der Waals surface area contributed by atoms with Crippen molar-refractivity contribution in [1.82, 2.24) is 0 Å². The van der Waals surface area contributed by atoms with Crippen LogP contribution in [0.2, 0.25) is 28.2 Å². The Balaban J connectivity index is 3.29. The predicted molar refractivity (Wildman–Crippen MR) is 101 cm³/mol. The van der Waals surface area contributed by atoms with Crippen LogP contribution in [0.15, 0.2) is 17.0 Å². The highest BCUT2D eigenvalue weighted by Gasteiger charge is 2.36. The van der Waals surface area contributed by atoms with Gasteiger partial charge in [-0.25, -0.2) is 0 Å². The van der Waals surface area contributed by atoms with Gasteiger partial charge in [-0.05, 0) is 36.5 Å². The second-order valence-electron chi connectivity index (χ2n) is 5.37. The fraction of sp³-hybridized carbons (Fsp3) is 0.600. The molecule has 0 saturated heterocycles. The number of halogens is 2. The van der Waals surface area contributed by atoms with Crippen molar-refractivity contribution in [3.8, 4) is 0 Å². The van der Waals surface area contributed by atoms with Gasteiger partial charge in [0.25, 0.3) is 0 Å². The average Bonchev–Trinajstić information content (AvgIpc) is 2.51. The van der Waals surface area contributed by atoms with E-state index in [1.54, 1.807) is 12.1 Å². The third-order valence-electron chi connectivity index (χ3n) is 4.25. The zero-order chi connectivity index (χ0) is 17.6. The highest BCUT2D eigenvalue weighted by atomic mass is 35.5. The first kappa shape index (κ1) is 20.8. The highest BCUT2D eigenvalue weighted by Crippen LogP contribution is 2.39. The number of hydrogen-bond donors (Lipinski definition) is 0. The number of nitrogens with zero attached hydrogens (tertiary/aromatic N) is 1. The van der Waals surface area contributed by atoms with Crippen molar-refractivity contribution in [2.24, 2.45) is 0 Å². The zero-order valence-corrected chi connectivity index (χ0v) is 17.2. The summed E-state index contributed by atoms with van der Waals surface area (Å²) in [6.45, 7) is 5.93. The first-order chi connectivity index (χ1) is 10.8. The number of hydrogen-bond acceptors (Lipinski definition) is 4. The zero-order valence-electron chi connectivity index (χ0n) is 13.9. The molecule has 0 radical (unpaired) electrons. The summed E-state index contributed by atoms with van der Waals surface area (Å²) in [5.74, 6) is 0. The van der Waals surface area contributed by atoms with Crippen molar-refractivity contribution >= 4 is 43.3 Å². The maximum absolute atomic E-state index is 11.1. The van der Waals surface area contributed by atoms with Crippen LogP contribution in [0, 0.1) is 10.1 Å². The van der Waals surface area contributed by atoms with Gasteiger partial charge in [-0.1, -0.05) is 44.0 Å². The highest BCUT2D eigenvalue weighted by molar-refractivity contribution is 7.98. The Morgan fingerprint density at radius 1 is 1.22 bits per heavy atom. The van der Waals surface area contributed by atoms with E-state index in [0.717, 1.165) is 23.0 Å². The third-order valence-corrected chi connectivity index (χ3v) is 10.2. The van der Waals surface area contributed by atoms with Gasteiger partial charge >= 0.3 is 0 Å². The van der Waals surface area contributed by atoms with Gasteiger partial charge in [0.2, 0.25) is 6.54 Å². The van der Waals surface area contributed by atoms with Crippen LogP contribution >= 0.6 is 35.0 Å². The van der Waals surface area contributed by atoms with E-state index in [-0.39, 0.29) is 11.5 Å². The van der Waals surface area contributed by atoms with Gasteiger partial charge in [-0.2, -0.15) is 0 Å². The minimum absolute atomic E-state index is 0.327. The molecule has 0 spiro atoms. The van der Waals surface area contributed by atoms with Gasteiger partial charge < -0.3 is 4.43 Å². The van der Waals surface area contributed by atoms with Crippen LogP contribution in [0.25, 0.3) is 0 Å². The van der Waals surface area contributed by atoms with Crippen LogP contribution in [0.5, 0.6) is 0 Å². The SMILES string of the molecule is CC[Si](CC)(CC)OC(C[N+](=O)[O-])c1c(Cl)cc(SC)cc1Cl. The molecule has 23 heavy (non-hydrogen) atoms. The molecule has 0 heterocycles. The summed E-state index contributed by atoms with van der Waals surface area (Å²) in [6.07, 6.45) is 1.22. The molecule has 0 saturated carbocycles. The lowest BCUT2D eigenvalue weighted by Gasteiger charge is -2.32. The normalized spacial score (nSPS) is 13.1. The molecular formula is C15H23Cl2NO3SSi. The Morgan fingerprint density at radius 2 is 1.70 bits per heavy atom. The second kappa shape index (κ2) is 9.27. The van der Waals surface area contributed by atoms with E-state index in [4.69, 9.17) is 27.6 Å². The van der Waals surface area contributed by atoms with Gasteiger partial charge in [-0.3, -0.25) is 10.1 Å². The molecule has 0 aromatic heterocycles. The van der Waals surface area contributed by atoms with Crippen LogP contribution in [0.4, 0.5) is 0 Å². The summed E-state index contributed by atoms with van der Waals surface area (Å²) in [7, 11) is -2.02. The van der Waals surface area contributed by atoms with Crippen LogP contribution in [0.1, 0.15) is 32.4 Å². The molecule has 0 amide bonds. The molecule has 0 aliphatic heterocycles. The average molecular weight is 396 g/mol. The molecule has 0 aliphatic carbocycles. The fourth-order valence-electron chi connectivity index (χ4n) is 2.61. The molecular weight excluding hydrogens is 373 g/mol. The standard InChI is InChI=1S/C15H23Cl2NO3SSi/c1-5-23(6-2,7-3)21-14(10-18(19)20)15-12(16)8-11(22-4)9-13(15)17/h8-9,14H,5-7,10H2,1-4H3. The molecule has 4 nitrogen and oxygen atoms in total. The van der Waals surface area contributed by atoms with E-state index >= 15 is 0 Å². The Bertz CT molecular complexity index is 524. The Kier molecular flexibility index (Phi) is 8.37. The van der Waals surface area contributed by atoms with Crippen molar-refractivity contribution in [2.45, 2.75) is 49.9 Å². The summed E-state index contributed by atoms with van der Waals surface area (Å²) in [5, 5.41) is 12.0. The number of nitro groups is 1. The fourth-order valence-corrected chi connectivity index (χ4v) is 6.74. The molecule has 1 aromatic rings. The van der Waals surface area contributed by atoms with Gasteiger partial charge in [0.1, 0.15) is 6.10 Å². The van der Waals surface area contributed by atoms with Crippen molar-refractivity contribution < 1.29 is 9.35 Å². The smallest absolute Gasteiger partial charge is 0.232 e. The molecule has 1 atom stereocenters. The minimum atomic E-state index is -2.02. The largest absolute Gasteiger partial charge is 0.404 e. The van der Waals surface area contributed by atoms with Crippen LogP contribution in [0.3, 0.4) is 0 Å². The van der Waals surface area contributed by atoms with Crippen LogP contribution in [-0.4, -0.2) is 26.0 Å². The summed E-state index contributed by atoms with van der Waals surface area (Å²) in [6, 6.07) is 6.30. The van der Waals surface area contributed by atoms with Crippen LogP contribution in [-0.2, 0) is 4.43 Å². The Labute approximate surface area is 153 Å². The van der Waals surface area contributed by atoms with Crippen molar-refractivity contribution in [3.05, 3.63) is 37.9 Å². The lowest BCUT2D eigenvalue weighted by molar-refractivity contribution is -0.490. The first-order valence-corrected chi connectivity index (χ1v) is 12.2. The Hall–Kier alpha value is -0.273. The van der Waals surface area contributed by atoms with E-state index in [1.165, 1.54) is 11.8 Å². The van der Waals surface area contributed by atoms with Crippen molar-refractivity contribution in [1.29, 1.82) is 0 Å². The quantitative estimate of drug-likeness (QED) is 0.220. The maximum Gasteiger partial charge on any atom is 0.232 e. The molecule has 1 rings (SSSR count). The van der Waals surface area contributed by atoms with Gasteiger partial charge in [0.15, 0.2) is 8.32 Å².